The highest BCUT2D eigenvalue weighted by Gasteiger charge is 2.20. The maximum Gasteiger partial charge on any atom is 0.152 e. The number of sulfone groups is 1. The van der Waals surface area contributed by atoms with Crippen LogP contribution in [0.4, 0.5) is 11.4 Å². The van der Waals surface area contributed by atoms with Gasteiger partial charge in [-0.1, -0.05) is 15.9 Å². The van der Waals surface area contributed by atoms with Gasteiger partial charge in [0.15, 0.2) is 9.84 Å². The molecule has 0 atom stereocenters. The van der Waals surface area contributed by atoms with Gasteiger partial charge in [0.25, 0.3) is 0 Å². The van der Waals surface area contributed by atoms with Crippen LogP contribution in [0.3, 0.4) is 0 Å². The highest BCUT2D eigenvalue weighted by Crippen LogP contribution is 2.27. The van der Waals surface area contributed by atoms with E-state index in [1.54, 1.807) is 0 Å². The van der Waals surface area contributed by atoms with E-state index in [4.69, 9.17) is 5.73 Å². The minimum absolute atomic E-state index is 0.211. The first-order chi connectivity index (χ1) is 7.98. The molecule has 1 fully saturated rings. The Kier molecular flexibility index (Phi) is 3.63. The number of benzene rings is 1. The number of halogens is 1. The zero-order valence-electron chi connectivity index (χ0n) is 9.39. The van der Waals surface area contributed by atoms with Crippen LogP contribution in [0.5, 0.6) is 0 Å². The lowest BCUT2D eigenvalue weighted by Crippen LogP contribution is -2.27. The number of hydrogen-bond donors (Lipinski definition) is 1. The second-order valence-corrected chi connectivity index (χ2v) is 7.41. The van der Waals surface area contributed by atoms with Crippen LogP contribution >= 0.6 is 15.9 Å². The molecule has 17 heavy (non-hydrogen) atoms. The van der Waals surface area contributed by atoms with Gasteiger partial charge in [0, 0.05) is 17.6 Å². The maximum absolute atomic E-state index is 11.5. The molecular weight excluding hydrogens is 304 g/mol. The van der Waals surface area contributed by atoms with Crippen LogP contribution in [0.25, 0.3) is 0 Å². The molecule has 0 aliphatic carbocycles. The van der Waals surface area contributed by atoms with Gasteiger partial charge in [0.1, 0.15) is 0 Å². The van der Waals surface area contributed by atoms with Gasteiger partial charge in [0.05, 0.1) is 22.9 Å². The predicted octanol–water partition coefficient (Wildman–Crippen LogP) is 1.66. The summed E-state index contributed by atoms with van der Waals surface area (Å²) in [5.74, 6) is 0.489. The lowest BCUT2D eigenvalue weighted by Gasteiger charge is -2.23. The number of nitrogens with zero attached hydrogens (tertiary/aromatic N) is 1. The van der Waals surface area contributed by atoms with E-state index in [0.29, 0.717) is 18.7 Å². The van der Waals surface area contributed by atoms with Crippen molar-refractivity contribution in [2.24, 2.45) is 0 Å². The van der Waals surface area contributed by atoms with Crippen LogP contribution in [-0.4, -0.2) is 33.0 Å². The molecule has 0 aromatic heterocycles. The van der Waals surface area contributed by atoms with E-state index in [9.17, 15) is 8.42 Å². The number of anilines is 2. The first kappa shape index (κ1) is 12.7. The Morgan fingerprint density at radius 2 is 2.00 bits per heavy atom. The van der Waals surface area contributed by atoms with E-state index in [2.05, 4.69) is 15.9 Å². The Morgan fingerprint density at radius 1 is 1.24 bits per heavy atom. The van der Waals surface area contributed by atoms with Crippen molar-refractivity contribution in [1.82, 2.24) is 0 Å². The average Bonchev–Trinajstić information content (AvgIpc) is 2.40. The lowest BCUT2D eigenvalue weighted by molar-refractivity contribution is 0.597. The maximum atomic E-state index is 11.5. The van der Waals surface area contributed by atoms with Crippen LogP contribution in [0.15, 0.2) is 22.7 Å². The predicted molar refractivity (Wildman–Crippen MR) is 74.0 cm³/mol. The van der Waals surface area contributed by atoms with Gasteiger partial charge in [0.2, 0.25) is 0 Å². The van der Waals surface area contributed by atoms with Crippen LogP contribution in [-0.2, 0) is 9.84 Å². The molecule has 0 saturated carbocycles. The smallest absolute Gasteiger partial charge is 0.152 e. The third kappa shape index (κ3) is 3.13. The summed E-state index contributed by atoms with van der Waals surface area (Å²) in [5.41, 5.74) is 7.55. The van der Waals surface area contributed by atoms with Crippen LogP contribution < -0.4 is 10.6 Å². The Hall–Kier alpha value is -0.750. The molecule has 2 N–H and O–H groups in total. The first-order valence-corrected chi connectivity index (χ1v) is 8.10. The second-order valence-electron chi connectivity index (χ2n) is 4.20. The number of rotatable bonds is 1. The van der Waals surface area contributed by atoms with Crippen molar-refractivity contribution in [2.75, 3.05) is 35.2 Å². The van der Waals surface area contributed by atoms with Crippen LogP contribution in [0.1, 0.15) is 6.42 Å². The summed E-state index contributed by atoms with van der Waals surface area (Å²) in [6.07, 6.45) is 0.665. The molecule has 1 aliphatic heterocycles. The van der Waals surface area contributed by atoms with Crippen molar-refractivity contribution in [2.45, 2.75) is 6.42 Å². The third-order valence-corrected chi connectivity index (χ3v) is 5.09. The fraction of sp³-hybridized carbons (Fsp3) is 0.455. The van der Waals surface area contributed by atoms with Gasteiger partial charge in [-0.3, -0.25) is 0 Å². The molecule has 4 nitrogen and oxygen atoms in total. The first-order valence-electron chi connectivity index (χ1n) is 5.48. The average molecular weight is 319 g/mol. The molecule has 94 valence electrons. The molecule has 2 rings (SSSR count). The Morgan fingerprint density at radius 3 is 2.71 bits per heavy atom. The van der Waals surface area contributed by atoms with Gasteiger partial charge in [-0.25, -0.2) is 8.42 Å². The molecule has 0 radical (unpaired) electrons. The normalized spacial score (nSPS) is 19.9. The molecule has 6 heteroatoms. The van der Waals surface area contributed by atoms with E-state index in [1.165, 1.54) is 0 Å². The summed E-state index contributed by atoms with van der Waals surface area (Å²) >= 11 is 3.36. The quantitative estimate of drug-likeness (QED) is 0.800. The molecule has 1 heterocycles. The van der Waals surface area contributed by atoms with Gasteiger partial charge in [-0.15, -0.1) is 0 Å². The van der Waals surface area contributed by atoms with Gasteiger partial charge in [-0.2, -0.15) is 0 Å². The van der Waals surface area contributed by atoms with Crippen molar-refractivity contribution in [3.63, 3.8) is 0 Å². The van der Waals surface area contributed by atoms with E-state index in [0.717, 1.165) is 16.7 Å². The molecule has 1 aromatic carbocycles. The molecular formula is C11H15BrN2O2S. The zero-order chi connectivity index (χ0) is 12.5. The summed E-state index contributed by atoms with van der Waals surface area (Å²) < 4.78 is 24.0. The fourth-order valence-electron chi connectivity index (χ4n) is 1.99. The molecule has 1 aliphatic rings. The number of nitrogen functional groups attached to an aromatic ring is 1. The van der Waals surface area contributed by atoms with Crippen molar-refractivity contribution in [1.29, 1.82) is 0 Å². The van der Waals surface area contributed by atoms with Crippen LogP contribution in [0.2, 0.25) is 0 Å². The lowest BCUT2D eigenvalue weighted by atomic mass is 10.2. The molecule has 0 bridgehead atoms. The summed E-state index contributed by atoms with van der Waals surface area (Å²) in [7, 11) is -2.87. The molecule has 1 aromatic rings. The van der Waals surface area contributed by atoms with Gasteiger partial charge in [-0.05, 0) is 24.6 Å². The topological polar surface area (TPSA) is 63.4 Å². The zero-order valence-corrected chi connectivity index (χ0v) is 11.8. The molecule has 1 saturated heterocycles. The highest BCUT2D eigenvalue weighted by molar-refractivity contribution is 9.10. The minimum atomic E-state index is -2.87. The Bertz CT molecular complexity index is 516. The van der Waals surface area contributed by atoms with E-state index in [1.807, 2.05) is 23.1 Å². The molecule has 0 amide bonds. The number of nitrogens with two attached hydrogens (primary N) is 1. The summed E-state index contributed by atoms with van der Waals surface area (Å²) in [4.78, 5) is 2.05. The monoisotopic (exact) mass is 318 g/mol. The fourth-order valence-corrected chi connectivity index (χ4v) is 3.64. The van der Waals surface area contributed by atoms with Gasteiger partial charge >= 0.3 is 0 Å². The second kappa shape index (κ2) is 4.86. The summed E-state index contributed by atoms with van der Waals surface area (Å²) in [5, 5.41) is 0. The highest BCUT2D eigenvalue weighted by atomic mass is 79.9. The van der Waals surface area contributed by atoms with Crippen molar-refractivity contribution < 1.29 is 8.42 Å². The third-order valence-electron chi connectivity index (χ3n) is 2.89. The van der Waals surface area contributed by atoms with E-state index >= 15 is 0 Å². The van der Waals surface area contributed by atoms with E-state index in [-0.39, 0.29) is 11.5 Å². The Balaban J connectivity index is 2.23. The number of hydrogen-bond acceptors (Lipinski definition) is 4. The standard InChI is InChI=1S/C11H15BrN2O2S/c12-9-2-3-11(10(13)8-9)14-4-1-6-17(15,16)7-5-14/h2-3,8H,1,4-7,13H2. The summed E-state index contributed by atoms with van der Waals surface area (Å²) in [6, 6.07) is 5.69. The van der Waals surface area contributed by atoms with Gasteiger partial charge < -0.3 is 10.6 Å². The van der Waals surface area contributed by atoms with Crippen molar-refractivity contribution in [3.05, 3.63) is 22.7 Å². The Labute approximate surface area is 110 Å². The largest absolute Gasteiger partial charge is 0.397 e. The molecule has 0 spiro atoms. The van der Waals surface area contributed by atoms with Crippen LogP contribution in [0, 0.1) is 0 Å². The van der Waals surface area contributed by atoms with E-state index < -0.39 is 9.84 Å². The SMILES string of the molecule is Nc1cc(Br)ccc1N1CCCS(=O)(=O)CC1. The van der Waals surface area contributed by atoms with Crippen molar-refractivity contribution >= 4 is 37.1 Å². The minimum Gasteiger partial charge on any atom is -0.397 e. The van der Waals surface area contributed by atoms with Crippen molar-refractivity contribution in [3.8, 4) is 0 Å². The molecule has 0 unspecified atom stereocenters. The summed E-state index contributed by atoms with van der Waals surface area (Å²) in [6.45, 7) is 1.26.